The molecule has 172 valence electrons. The Morgan fingerprint density at radius 2 is 1.72 bits per heavy atom. The zero-order valence-corrected chi connectivity index (χ0v) is 19.2. The highest BCUT2D eigenvalue weighted by Gasteiger charge is 2.23. The second kappa shape index (κ2) is 14.0. The molecule has 7 heteroatoms. The van der Waals surface area contributed by atoms with Crippen LogP contribution < -0.4 is 15.5 Å². The van der Waals surface area contributed by atoms with E-state index >= 15 is 0 Å². The predicted octanol–water partition coefficient (Wildman–Crippen LogP) is 3.46. The first-order chi connectivity index (χ1) is 15.6. The van der Waals surface area contributed by atoms with Crippen LogP contribution in [0.5, 0.6) is 5.75 Å². The van der Waals surface area contributed by atoms with Crippen LogP contribution in [0.2, 0.25) is 0 Å². The number of hydrazone groups is 1. The van der Waals surface area contributed by atoms with Crippen molar-refractivity contribution in [1.29, 1.82) is 0 Å². The summed E-state index contributed by atoms with van der Waals surface area (Å²) in [4.78, 5) is 27.0. The zero-order chi connectivity index (χ0) is 23.2. The SMILES string of the molecule is CCN(CC)[C@H](CCCCNC(=O)c1ccccc1)C(=O)N/N=C/c1ccc(OC)cc1. The monoisotopic (exact) mass is 438 g/mol. The van der Waals surface area contributed by atoms with E-state index in [1.165, 1.54) is 0 Å². The maximum Gasteiger partial charge on any atom is 0.257 e. The summed E-state index contributed by atoms with van der Waals surface area (Å²) in [6.45, 7) is 6.23. The highest BCUT2D eigenvalue weighted by molar-refractivity contribution is 5.94. The molecule has 2 aromatic carbocycles. The van der Waals surface area contributed by atoms with Crippen LogP contribution in [0.1, 0.15) is 49.0 Å². The van der Waals surface area contributed by atoms with Gasteiger partial charge in [-0.25, -0.2) is 5.43 Å². The lowest BCUT2D eigenvalue weighted by Gasteiger charge is -2.28. The molecule has 2 aromatic rings. The molecule has 32 heavy (non-hydrogen) atoms. The number of methoxy groups -OCH3 is 1. The maximum absolute atomic E-state index is 12.8. The lowest BCUT2D eigenvalue weighted by atomic mass is 10.1. The quantitative estimate of drug-likeness (QED) is 0.285. The van der Waals surface area contributed by atoms with Crippen molar-refractivity contribution in [2.75, 3.05) is 26.7 Å². The summed E-state index contributed by atoms with van der Waals surface area (Å²) in [6.07, 6.45) is 3.95. The van der Waals surface area contributed by atoms with Gasteiger partial charge >= 0.3 is 0 Å². The molecule has 0 bridgehead atoms. The van der Waals surface area contributed by atoms with Crippen molar-refractivity contribution in [2.24, 2.45) is 5.10 Å². The van der Waals surface area contributed by atoms with Crippen LogP contribution in [-0.4, -0.2) is 55.7 Å². The molecule has 0 heterocycles. The number of unbranched alkanes of at least 4 members (excludes halogenated alkanes) is 1. The van der Waals surface area contributed by atoms with Gasteiger partial charge in [0.15, 0.2) is 0 Å². The summed E-state index contributed by atoms with van der Waals surface area (Å²) in [7, 11) is 1.62. The van der Waals surface area contributed by atoms with E-state index in [0.29, 0.717) is 18.5 Å². The summed E-state index contributed by atoms with van der Waals surface area (Å²) in [5, 5.41) is 7.06. The average molecular weight is 439 g/mol. The van der Waals surface area contributed by atoms with Crippen molar-refractivity contribution < 1.29 is 14.3 Å². The standard InChI is InChI=1S/C25H34N4O3/c1-4-29(5-2)23(13-9-10-18-26-24(30)21-11-7-6-8-12-21)25(31)28-27-19-20-14-16-22(32-3)17-15-20/h6-8,11-12,14-17,19,23H,4-5,9-10,13,18H2,1-3H3,(H,26,30)(H,28,31)/b27-19+/t23-/m1/s1. The van der Waals surface area contributed by atoms with E-state index in [9.17, 15) is 9.59 Å². The molecule has 7 nitrogen and oxygen atoms in total. The van der Waals surface area contributed by atoms with E-state index < -0.39 is 0 Å². The minimum Gasteiger partial charge on any atom is -0.497 e. The number of benzene rings is 2. The Hall–Kier alpha value is -3.19. The van der Waals surface area contributed by atoms with Crippen LogP contribution in [0.4, 0.5) is 0 Å². The molecule has 0 aliphatic heterocycles. The van der Waals surface area contributed by atoms with Crippen LogP contribution in [0.25, 0.3) is 0 Å². The second-order valence-corrected chi connectivity index (χ2v) is 7.36. The molecule has 0 spiro atoms. The number of nitrogens with zero attached hydrogens (tertiary/aromatic N) is 2. The molecule has 2 rings (SSSR count). The Labute approximate surface area is 190 Å². The lowest BCUT2D eigenvalue weighted by Crippen LogP contribution is -2.45. The van der Waals surface area contributed by atoms with Crippen molar-refractivity contribution in [3.63, 3.8) is 0 Å². The summed E-state index contributed by atoms with van der Waals surface area (Å²) >= 11 is 0. The van der Waals surface area contributed by atoms with E-state index in [2.05, 4.69) is 20.7 Å². The number of likely N-dealkylation sites (N-methyl/N-ethyl adjacent to an activating group) is 1. The van der Waals surface area contributed by atoms with Gasteiger partial charge in [0.05, 0.1) is 19.4 Å². The highest BCUT2D eigenvalue weighted by Crippen LogP contribution is 2.11. The molecule has 1 atom stereocenters. The Bertz CT molecular complexity index is 849. The van der Waals surface area contributed by atoms with Gasteiger partial charge in [-0.05, 0) is 74.3 Å². The van der Waals surface area contributed by atoms with Crippen LogP contribution in [0.15, 0.2) is 59.7 Å². The third-order valence-corrected chi connectivity index (χ3v) is 5.29. The fraction of sp³-hybridized carbons (Fsp3) is 0.400. The van der Waals surface area contributed by atoms with Gasteiger partial charge in [0, 0.05) is 12.1 Å². The average Bonchev–Trinajstić information content (AvgIpc) is 2.84. The molecule has 0 fully saturated rings. The van der Waals surface area contributed by atoms with Crippen molar-refractivity contribution in [1.82, 2.24) is 15.6 Å². The van der Waals surface area contributed by atoms with Crippen molar-refractivity contribution in [3.8, 4) is 5.75 Å². The van der Waals surface area contributed by atoms with Crippen LogP contribution in [-0.2, 0) is 4.79 Å². The van der Waals surface area contributed by atoms with Gasteiger partial charge in [0.25, 0.3) is 11.8 Å². The van der Waals surface area contributed by atoms with E-state index in [4.69, 9.17) is 4.74 Å². The largest absolute Gasteiger partial charge is 0.497 e. The zero-order valence-electron chi connectivity index (χ0n) is 19.2. The first-order valence-electron chi connectivity index (χ1n) is 11.1. The normalized spacial score (nSPS) is 12.0. The number of carbonyl (C=O) groups excluding carboxylic acids is 2. The molecule has 0 aliphatic carbocycles. The number of hydrogen-bond donors (Lipinski definition) is 2. The summed E-state index contributed by atoms with van der Waals surface area (Å²) in [5.41, 5.74) is 4.21. The third-order valence-electron chi connectivity index (χ3n) is 5.29. The Morgan fingerprint density at radius 1 is 1.03 bits per heavy atom. The molecule has 0 radical (unpaired) electrons. The van der Waals surface area contributed by atoms with Gasteiger partial charge < -0.3 is 10.1 Å². The van der Waals surface area contributed by atoms with Crippen molar-refractivity contribution in [3.05, 3.63) is 65.7 Å². The van der Waals surface area contributed by atoms with E-state index in [-0.39, 0.29) is 17.9 Å². The van der Waals surface area contributed by atoms with Gasteiger partial charge in [-0.2, -0.15) is 5.10 Å². The Morgan fingerprint density at radius 3 is 2.34 bits per heavy atom. The van der Waals surface area contributed by atoms with Crippen LogP contribution >= 0.6 is 0 Å². The summed E-state index contributed by atoms with van der Waals surface area (Å²) < 4.78 is 5.14. The molecule has 0 aromatic heterocycles. The molecular formula is C25H34N4O3. The van der Waals surface area contributed by atoms with Gasteiger partial charge in [0.1, 0.15) is 5.75 Å². The molecule has 0 saturated heterocycles. The number of hydrogen-bond acceptors (Lipinski definition) is 5. The van der Waals surface area contributed by atoms with Gasteiger partial charge in [-0.1, -0.05) is 32.0 Å². The predicted molar refractivity (Wildman–Crippen MR) is 128 cm³/mol. The minimum atomic E-state index is -0.261. The Balaban J connectivity index is 1.82. The second-order valence-electron chi connectivity index (χ2n) is 7.36. The van der Waals surface area contributed by atoms with Crippen LogP contribution in [0, 0.1) is 0 Å². The van der Waals surface area contributed by atoms with E-state index in [0.717, 1.165) is 37.2 Å². The Kier molecular flexibility index (Phi) is 11.0. The number of ether oxygens (including phenoxy) is 1. The molecule has 2 N–H and O–H groups in total. The lowest BCUT2D eigenvalue weighted by molar-refractivity contribution is -0.126. The first kappa shape index (κ1) is 25.1. The number of nitrogens with one attached hydrogen (secondary N) is 2. The molecule has 2 amide bonds. The number of rotatable bonds is 13. The maximum atomic E-state index is 12.8. The fourth-order valence-corrected chi connectivity index (χ4v) is 3.43. The van der Waals surface area contributed by atoms with E-state index in [1.807, 2.05) is 56.3 Å². The van der Waals surface area contributed by atoms with Gasteiger partial charge in [-0.15, -0.1) is 0 Å². The smallest absolute Gasteiger partial charge is 0.257 e. The summed E-state index contributed by atoms with van der Waals surface area (Å²) in [6, 6.07) is 16.3. The summed E-state index contributed by atoms with van der Waals surface area (Å²) in [5.74, 6) is 0.580. The molecule has 0 aliphatic rings. The number of carbonyl (C=O) groups is 2. The van der Waals surface area contributed by atoms with Gasteiger partial charge in [-0.3, -0.25) is 14.5 Å². The first-order valence-corrected chi connectivity index (χ1v) is 11.1. The fourth-order valence-electron chi connectivity index (χ4n) is 3.43. The molecule has 0 saturated carbocycles. The van der Waals surface area contributed by atoms with Crippen molar-refractivity contribution in [2.45, 2.75) is 39.2 Å². The van der Waals surface area contributed by atoms with E-state index in [1.54, 1.807) is 25.5 Å². The minimum absolute atomic E-state index is 0.0727. The number of amides is 2. The molecule has 0 unspecified atom stereocenters. The third kappa shape index (κ3) is 8.15. The highest BCUT2D eigenvalue weighted by atomic mass is 16.5. The van der Waals surface area contributed by atoms with Gasteiger partial charge in [0.2, 0.25) is 0 Å². The molecular weight excluding hydrogens is 404 g/mol. The van der Waals surface area contributed by atoms with Crippen molar-refractivity contribution >= 4 is 18.0 Å². The topological polar surface area (TPSA) is 83.0 Å². The van der Waals surface area contributed by atoms with Crippen LogP contribution in [0.3, 0.4) is 0 Å².